The standard InChI is InChI=1S/C16H18N4O/c1-11-5-4-6-14(9-11)15-19-20(7-8-21-15)16-17-12(2)10-13(3)18-16/h4-6,9-10H,7-8H2,1-3H3. The Morgan fingerprint density at radius 2 is 1.81 bits per heavy atom. The third-order valence-electron chi connectivity index (χ3n) is 3.22. The highest BCUT2D eigenvalue weighted by Gasteiger charge is 2.18. The molecule has 0 atom stereocenters. The molecule has 0 unspecified atom stereocenters. The minimum atomic E-state index is 0.573. The van der Waals surface area contributed by atoms with E-state index in [0.29, 0.717) is 25.0 Å². The van der Waals surface area contributed by atoms with Gasteiger partial charge in [-0.25, -0.2) is 15.0 Å². The van der Waals surface area contributed by atoms with Gasteiger partial charge < -0.3 is 4.74 Å². The van der Waals surface area contributed by atoms with E-state index in [1.807, 2.05) is 32.0 Å². The molecule has 0 N–H and O–H groups in total. The summed E-state index contributed by atoms with van der Waals surface area (Å²) in [6.07, 6.45) is 0. The zero-order valence-corrected chi connectivity index (χ0v) is 12.5. The van der Waals surface area contributed by atoms with Crippen LogP contribution in [0.3, 0.4) is 0 Å². The molecule has 1 aromatic heterocycles. The molecular formula is C16H18N4O. The zero-order valence-electron chi connectivity index (χ0n) is 12.5. The highest BCUT2D eigenvalue weighted by atomic mass is 16.5. The number of nitrogens with zero attached hydrogens (tertiary/aromatic N) is 4. The van der Waals surface area contributed by atoms with Crippen molar-refractivity contribution in [3.63, 3.8) is 0 Å². The second kappa shape index (κ2) is 5.52. The molecule has 21 heavy (non-hydrogen) atoms. The van der Waals surface area contributed by atoms with Gasteiger partial charge in [0, 0.05) is 17.0 Å². The Kier molecular flexibility index (Phi) is 3.56. The van der Waals surface area contributed by atoms with Gasteiger partial charge in [-0.15, -0.1) is 5.10 Å². The molecule has 5 nitrogen and oxygen atoms in total. The van der Waals surface area contributed by atoms with Crippen LogP contribution in [0.2, 0.25) is 0 Å². The molecule has 0 bridgehead atoms. The van der Waals surface area contributed by atoms with Crippen LogP contribution in [-0.4, -0.2) is 29.0 Å². The SMILES string of the molecule is Cc1cccc(C2=NN(c3nc(C)cc(C)n3)CCO2)c1. The lowest BCUT2D eigenvalue weighted by atomic mass is 10.1. The molecule has 1 aliphatic heterocycles. The normalized spacial score (nSPS) is 14.6. The molecule has 0 spiro atoms. The Labute approximate surface area is 124 Å². The van der Waals surface area contributed by atoms with Crippen molar-refractivity contribution < 1.29 is 4.74 Å². The Balaban J connectivity index is 1.95. The maximum Gasteiger partial charge on any atom is 0.246 e. The Morgan fingerprint density at radius 1 is 1.05 bits per heavy atom. The smallest absolute Gasteiger partial charge is 0.246 e. The van der Waals surface area contributed by atoms with E-state index in [1.54, 1.807) is 5.01 Å². The average Bonchev–Trinajstić information content (AvgIpc) is 2.46. The number of rotatable bonds is 2. The van der Waals surface area contributed by atoms with Gasteiger partial charge in [0.05, 0.1) is 6.54 Å². The van der Waals surface area contributed by atoms with Gasteiger partial charge in [0.25, 0.3) is 0 Å². The summed E-state index contributed by atoms with van der Waals surface area (Å²) >= 11 is 0. The van der Waals surface area contributed by atoms with Crippen molar-refractivity contribution in [2.24, 2.45) is 5.10 Å². The Bertz CT molecular complexity index is 676. The van der Waals surface area contributed by atoms with E-state index in [1.165, 1.54) is 5.56 Å². The van der Waals surface area contributed by atoms with Crippen LogP contribution in [0.5, 0.6) is 0 Å². The molecule has 5 heteroatoms. The third-order valence-corrected chi connectivity index (χ3v) is 3.22. The summed E-state index contributed by atoms with van der Waals surface area (Å²) in [6, 6.07) is 10.1. The van der Waals surface area contributed by atoms with E-state index in [0.717, 1.165) is 17.0 Å². The zero-order chi connectivity index (χ0) is 14.8. The van der Waals surface area contributed by atoms with Crippen LogP contribution in [0.1, 0.15) is 22.5 Å². The van der Waals surface area contributed by atoms with E-state index in [2.05, 4.69) is 34.1 Å². The number of aryl methyl sites for hydroxylation is 3. The highest BCUT2D eigenvalue weighted by molar-refractivity contribution is 5.95. The minimum Gasteiger partial charge on any atom is -0.474 e. The summed E-state index contributed by atoms with van der Waals surface area (Å²) in [5, 5.41) is 6.36. The van der Waals surface area contributed by atoms with Gasteiger partial charge in [-0.3, -0.25) is 0 Å². The molecule has 0 amide bonds. The molecule has 0 saturated heterocycles. The fraction of sp³-hybridized carbons (Fsp3) is 0.312. The lowest BCUT2D eigenvalue weighted by Gasteiger charge is -2.24. The van der Waals surface area contributed by atoms with Crippen molar-refractivity contribution in [3.05, 3.63) is 52.8 Å². The Hall–Kier alpha value is -2.43. The van der Waals surface area contributed by atoms with Gasteiger partial charge >= 0.3 is 0 Å². The third kappa shape index (κ3) is 3.02. The van der Waals surface area contributed by atoms with Gasteiger partial charge in [0.1, 0.15) is 6.61 Å². The second-order valence-corrected chi connectivity index (χ2v) is 5.20. The number of hydrazone groups is 1. The van der Waals surface area contributed by atoms with Crippen LogP contribution in [0.15, 0.2) is 35.4 Å². The highest BCUT2D eigenvalue weighted by Crippen LogP contribution is 2.16. The van der Waals surface area contributed by atoms with Gasteiger partial charge in [0.15, 0.2) is 0 Å². The fourth-order valence-corrected chi connectivity index (χ4v) is 2.30. The topological polar surface area (TPSA) is 50.6 Å². The summed E-state index contributed by atoms with van der Waals surface area (Å²) in [5.41, 5.74) is 4.04. The summed E-state index contributed by atoms with van der Waals surface area (Å²) in [6.45, 7) is 7.20. The lowest BCUT2D eigenvalue weighted by molar-refractivity contribution is 0.292. The van der Waals surface area contributed by atoms with Gasteiger partial charge in [-0.2, -0.15) is 0 Å². The molecule has 0 fully saturated rings. The molecule has 0 aliphatic carbocycles. The van der Waals surface area contributed by atoms with Crippen molar-refractivity contribution in [2.75, 3.05) is 18.2 Å². The largest absolute Gasteiger partial charge is 0.474 e. The van der Waals surface area contributed by atoms with E-state index in [4.69, 9.17) is 4.74 Å². The molecule has 1 aliphatic rings. The quantitative estimate of drug-likeness (QED) is 0.849. The van der Waals surface area contributed by atoms with Crippen LogP contribution in [-0.2, 0) is 4.74 Å². The Morgan fingerprint density at radius 3 is 2.52 bits per heavy atom. The van der Waals surface area contributed by atoms with Crippen LogP contribution in [0.25, 0.3) is 0 Å². The first-order valence-electron chi connectivity index (χ1n) is 7.00. The van der Waals surface area contributed by atoms with Crippen molar-refractivity contribution in [1.82, 2.24) is 9.97 Å². The molecule has 2 heterocycles. The average molecular weight is 282 g/mol. The monoisotopic (exact) mass is 282 g/mol. The fourth-order valence-electron chi connectivity index (χ4n) is 2.30. The van der Waals surface area contributed by atoms with Crippen LogP contribution in [0.4, 0.5) is 5.95 Å². The molecule has 0 saturated carbocycles. The van der Waals surface area contributed by atoms with Crippen molar-refractivity contribution in [1.29, 1.82) is 0 Å². The minimum absolute atomic E-state index is 0.573. The summed E-state index contributed by atoms with van der Waals surface area (Å²) < 4.78 is 5.68. The number of benzene rings is 1. The van der Waals surface area contributed by atoms with Gasteiger partial charge in [0.2, 0.25) is 11.8 Å². The van der Waals surface area contributed by atoms with E-state index >= 15 is 0 Å². The first-order chi connectivity index (χ1) is 10.1. The van der Waals surface area contributed by atoms with Crippen molar-refractivity contribution in [2.45, 2.75) is 20.8 Å². The first kappa shape index (κ1) is 13.5. The van der Waals surface area contributed by atoms with Crippen molar-refractivity contribution >= 4 is 11.8 Å². The first-order valence-corrected chi connectivity index (χ1v) is 7.00. The van der Waals surface area contributed by atoms with E-state index in [-0.39, 0.29) is 0 Å². The lowest BCUT2D eigenvalue weighted by Crippen LogP contribution is -2.32. The van der Waals surface area contributed by atoms with Crippen LogP contribution < -0.4 is 5.01 Å². The maximum absolute atomic E-state index is 5.68. The summed E-state index contributed by atoms with van der Waals surface area (Å²) in [7, 11) is 0. The molecule has 3 rings (SSSR count). The number of anilines is 1. The second-order valence-electron chi connectivity index (χ2n) is 5.20. The summed E-state index contributed by atoms with van der Waals surface area (Å²) in [4.78, 5) is 8.91. The van der Waals surface area contributed by atoms with E-state index in [9.17, 15) is 0 Å². The number of ether oxygens (including phenoxy) is 1. The predicted molar refractivity (Wildman–Crippen MR) is 82.5 cm³/mol. The summed E-state index contributed by atoms with van der Waals surface area (Å²) in [5.74, 6) is 1.24. The van der Waals surface area contributed by atoms with Gasteiger partial charge in [-0.05, 0) is 39.0 Å². The molecule has 1 aromatic carbocycles. The van der Waals surface area contributed by atoms with Gasteiger partial charge in [-0.1, -0.05) is 17.7 Å². The molecular weight excluding hydrogens is 264 g/mol. The van der Waals surface area contributed by atoms with E-state index < -0.39 is 0 Å². The maximum atomic E-state index is 5.68. The molecule has 0 radical (unpaired) electrons. The van der Waals surface area contributed by atoms with Crippen LogP contribution >= 0.6 is 0 Å². The number of hydrogen-bond acceptors (Lipinski definition) is 5. The van der Waals surface area contributed by atoms with Crippen LogP contribution in [0, 0.1) is 20.8 Å². The molecule has 2 aromatic rings. The number of hydrogen-bond donors (Lipinski definition) is 0. The number of aromatic nitrogens is 2. The molecule has 108 valence electrons. The predicted octanol–water partition coefficient (Wildman–Crippen LogP) is 2.60. The van der Waals surface area contributed by atoms with Crippen molar-refractivity contribution in [3.8, 4) is 0 Å².